The molecule has 0 aromatic rings. The van der Waals surface area contributed by atoms with Crippen molar-refractivity contribution in [2.24, 2.45) is 0 Å². The van der Waals surface area contributed by atoms with E-state index < -0.39 is 0 Å². The topological polar surface area (TPSA) is 18.5 Å². The Morgan fingerprint density at radius 1 is 1.89 bits per heavy atom. The van der Waals surface area contributed by atoms with Gasteiger partial charge < -0.3 is 9.47 Å². The van der Waals surface area contributed by atoms with E-state index in [1.54, 1.807) is 6.08 Å². The molecule has 1 fully saturated rings. The molecule has 1 saturated heterocycles. The summed E-state index contributed by atoms with van der Waals surface area (Å²) in [5, 5.41) is 0. The Balaban J connectivity index is 2.38. The molecular weight excluding hydrogens is 140 g/mol. The Hall–Kier alpha value is -0.370. The lowest BCUT2D eigenvalue weighted by Gasteiger charge is -1.98. The highest BCUT2D eigenvalue weighted by Gasteiger charge is 2.19. The standard InChI is InChI=1S/C6H9ClO2/c1-2-6-8-4-5(3-7)9-6/h2,5H,3-4H2,1H3/b6-2-. The van der Waals surface area contributed by atoms with Gasteiger partial charge in [0.05, 0.1) is 5.88 Å². The van der Waals surface area contributed by atoms with Crippen LogP contribution in [0.5, 0.6) is 0 Å². The van der Waals surface area contributed by atoms with Crippen molar-refractivity contribution in [1.82, 2.24) is 0 Å². The predicted octanol–water partition coefficient (Wildman–Crippen LogP) is 1.50. The summed E-state index contributed by atoms with van der Waals surface area (Å²) in [5.74, 6) is 1.10. The zero-order valence-electron chi connectivity index (χ0n) is 5.26. The molecule has 1 aliphatic heterocycles. The van der Waals surface area contributed by atoms with Crippen molar-refractivity contribution < 1.29 is 9.47 Å². The van der Waals surface area contributed by atoms with Crippen LogP contribution in [0.15, 0.2) is 12.0 Å². The Kier molecular flexibility index (Phi) is 2.22. The van der Waals surface area contributed by atoms with E-state index in [4.69, 9.17) is 21.1 Å². The molecule has 1 aliphatic rings. The van der Waals surface area contributed by atoms with E-state index in [9.17, 15) is 0 Å². The van der Waals surface area contributed by atoms with E-state index >= 15 is 0 Å². The fourth-order valence-electron chi connectivity index (χ4n) is 0.635. The minimum atomic E-state index is 0.0536. The van der Waals surface area contributed by atoms with E-state index in [-0.39, 0.29) is 6.10 Å². The molecular formula is C6H9ClO2. The van der Waals surface area contributed by atoms with Crippen LogP contribution in [0, 0.1) is 0 Å². The van der Waals surface area contributed by atoms with E-state index in [1.807, 2.05) is 6.92 Å². The molecule has 0 aromatic carbocycles. The smallest absolute Gasteiger partial charge is 0.275 e. The molecule has 52 valence electrons. The van der Waals surface area contributed by atoms with Gasteiger partial charge in [0.2, 0.25) is 0 Å². The van der Waals surface area contributed by atoms with Crippen molar-refractivity contribution in [1.29, 1.82) is 0 Å². The number of halogens is 1. The predicted molar refractivity (Wildman–Crippen MR) is 35.3 cm³/mol. The van der Waals surface area contributed by atoms with E-state index in [1.165, 1.54) is 0 Å². The first kappa shape index (κ1) is 6.75. The molecule has 0 aliphatic carbocycles. The highest BCUT2D eigenvalue weighted by Crippen LogP contribution is 2.14. The second kappa shape index (κ2) is 2.97. The number of alkyl halides is 1. The molecule has 9 heavy (non-hydrogen) atoms. The molecule has 0 radical (unpaired) electrons. The van der Waals surface area contributed by atoms with Gasteiger partial charge in [-0.1, -0.05) is 0 Å². The summed E-state index contributed by atoms with van der Waals surface area (Å²) < 4.78 is 10.2. The molecule has 2 nitrogen and oxygen atoms in total. The van der Waals surface area contributed by atoms with Crippen molar-refractivity contribution in [2.75, 3.05) is 12.5 Å². The highest BCUT2D eigenvalue weighted by molar-refractivity contribution is 6.18. The molecule has 1 heterocycles. The fraction of sp³-hybridized carbons (Fsp3) is 0.667. The highest BCUT2D eigenvalue weighted by atomic mass is 35.5. The molecule has 0 aromatic heterocycles. The van der Waals surface area contributed by atoms with E-state index in [0.717, 1.165) is 0 Å². The van der Waals surface area contributed by atoms with Crippen LogP contribution in [-0.4, -0.2) is 18.6 Å². The van der Waals surface area contributed by atoms with Crippen LogP contribution in [0.3, 0.4) is 0 Å². The second-order valence-electron chi connectivity index (χ2n) is 1.81. The van der Waals surface area contributed by atoms with Crippen LogP contribution in [0.2, 0.25) is 0 Å². The molecule has 0 amide bonds. The van der Waals surface area contributed by atoms with Gasteiger partial charge in [0, 0.05) is 0 Å². The van der Waals surface area contributed by atoms with E-state index in [0.29, 0.717) is 18.4 Å². The van der Waals surface area contributed by atoms with Gasteiger partial charge >= 0.3 is 0 Å². The van der Waals surface area contributed by atoms with Gasteiger partial charge in [0.1, 0.15) is 12.7 Å². The largest absolute Gasteiger partial charge is 0.462 e. The van der Waals surface area contributed by atoms with Crippen LogP contribution in [0.25, 0.3) is 0 Å². The van der Waals surface area contributed by atoms with Gasteiger partial charge in [-0.2, -0.15) is 0 Å². The van der Waals surface area contributed by atoms with Gasteiger partial charge in [-0.25, -0.2) is 0 Å². The van der Waals surface area contributed by atoms with Crippen molar-refractivity contribution in [3.8, 4) is 0 Å². The monoisotopic (exact) mass is 148 g/mol. The molecule has 0 N–H and O–H groups in total. The van der Waals surface area contributed by atoms with Crippen LogP contribution in [-0.2, 0) is 9.47 Å². The lowest BCUT2D eigenvalue weighted by molar-refractivity contribution is 0.151. The molecule has 1 atom stereocenters. The normalized spacial score (nSPS) is 30.0. The third-order valence-electron chi connectivity index (χ3n) is 1.10. The lowest BCUT2D eigenvalue weighted by Crippen LogP contribution is -2.09. The quantitative estimate of drug-likeness (QED) is 0.525. The Bertz CT molecular complexity index is 122. The molecule has 0 saturated carbocycles. The molecule has 0 spiro atoms. The van der Waals surface area contributed by atoms with Crippen LogP contribution in [0.4, 0.5) is 0 Å². The summed E-state index contributed by atoms with van der Waals surface area (Å²) in [6.07, 6.45) is 1.84. The van der Waals surface area contributed by atoms with Gasteiger partial charge in [-0.3, -0.25) is 0 Å². The summed E-state index contributed by atoms with van der Waals surface area (Å²) in [7, 11) is 0. The van der Waals surface area contributed by atoms with Gasteiger partial charge in [-0.05, 0) is 13.0 Å². The number of allylic oxidation sites excluding steroid dienone is 1. The summed E-state index contributed by atoms with van der Waals surface area (Å²) in [4.78, 5) is 0. The van der Waals surface area contributed by atoms with Crippen molar-refractivity contribution in [3.63, 3.8) is 0 Å². The third-order valence-corrected chi connectivity index (χ3v) is 1.45. The molecule has 0 bridgehead atoms. The Labute approximate surface area is 59.4 Å². The van der Waals surface area contributed by atoms with Gasteiger partial charge in [0.25, 0.3) is 5.95 Å². The third kappa shape index (κ3) is 1.52. The number of ether oxygens (including phenoxy) is 2. The maximum Gasteiger partial charge on any atom is 0.275 e. The molecule has 3 heteroatoms. The first-order valence-corrected chi connectivity index (χ1v) is 3.42. The lowest BCUT2D eigenvalue weighted by atomic mass is 10.4. The number of rotatable bonds is 1. The van der Waals surface area contributed by atoms with Gasteiger partial charge in [0.15, 0.2) is 0 Å². The summed E-state index contributed by atoms with van der Waals surface area (Å²) in [6, 6.07) is 0. The minimum Gasteiger partial charge on any atom is -0.462 e. The second-order valence-corrected chi connectivity index (χ2v) is 2.12. The average molecular weight is 149 g/mol. The first-order valence-electron chi connectivity index (χ1n) is 2.88. The van der Waals surface area contributed by atoms with E-state index in [2.05, 4.69) is 0 Å². The average Bonchev–Trinajstić information content (AvgIpc) is 2.34. The zero-order valence-corrected chi connectivity index (χ0v) is 6.02. The maximum atomic E-state index is 5.50. The summed E-state index contributed by atoms with van der Waals surface area (Å²) in [6.45, 7) is 2.45. The fourth-order valence-corrected chi connectivity index (χ4v) is 0.787. The van der Waals surface area contributed by atoms with Crippen molar-refractivity contribution >= 4 is 11.6 Å². The molecule has 1 unspecified atom stereocenters. The van der Waals surface area contributed by atoms with Crippen LogP contribution < -0.4 is 0 Å². The Morgan fingerprint density at radius 2 is 2.67 bits per heavy atom. The van der Waals surface area contributed by atoms with Crippen LogP contribution >= 0.6 is 11.6 Å². The summed E-state index contributed by atoms with van der Waals surface area (Å²) >= 11 is 5.50. The number of hydrogen-bond acceptors (Lipinski definition) is 2. The van der Waals surface area contributed by atoms with Gasteiger partial charge in [-0.15, -0.1) is 11.6 Å². The first-order chi connectivity index (χ1) is 4.36. The molecule has 1 rings (SSSR count). The summed E-state index contributed by atoms with van der Waals surface area (Å²) in [5.41, 5.74) is 0. The Morgan fingerprint density at radius 3 is 3.00 bits per heavy atom. The SMILES string of the molecule is C/C=C1/OCC(CCl)O1. The van der Waals surface area contributed by atoms with Crippen molar-refractivity contribution in [2.45, 2.75) is 13.0 Å². The number of hydrogen-bond donors (Lipinski definition) is 0. The minimum absolute atomic E-state index is 0.0536. The maximum absolute atomic E-state index is 5.50. The van der Waals surface area contributed by atoms with Crippen LogP contribution in [0.1, 0.15) is 6.92 Å². The van der Waals surface area contributed by atoms with Crippen molar-refractivity contribution in [3.05, 3.63) is 12.0 Å². The zero-order chi connectivity index (χ0) is 6.69.